The maximum absolute atomic E-state index is 13.3. The summed E-state index contributed by atoms with van der Waals surface area (Å²) in [5, 5.41) is 87.2. The van der Waals surface area contributed by atoms with Gasteiger partial charge in [0.1, 0.15) is 48.8 Å². The molecule has 0 radical (unpaired) electrons. The van der Waals surface area contributed by atoms with E-state index in [0.717, 1.165) is 77.0 Å². The van der Waals surface area contributed by atoms with Crippen molar-refractivity contribution in [2.45, 2.75) is 338 Å². The molecule has 2 fully saturated rings. The number of ether oxygens (including phenoxy) is 4. The van der Waals surface area contributed by atoms with Gasteiger partial charge in [-0.1, -0.05) is 272 Å². The number of hydrogen-bond acceptors (Lipinski definition) is 13. The Labute approximate surface area is 516 Å². The van der Waals surface area contributed by atoms with Crippen molar-refractivity contribution < 1.29 is 64.6 Å². The SMILES string of the molecule is CC/C=C\C/C=C\C/C=C\C/C=C\C/C=C\C/C=C\CCCCCCCCCCCCCCCCCCCCC(=O)NC(COC1OC(CO)C(OC2OC(CO)C(O)C(O)C2O)C(O)C1O)C(O)/C=C/CCCCCCCCCCCCCC. The summed E-state index contributed by atoms with van der Waals surface area (Å²) in [5.41, 5.74) is 0. The number of allylic oxidation sites excluding steroid dienone is 13. The Kier molecular flexibility index (Phi) is 50.9. The third-order valence-corrected chi connectivity index (χ3v) is 16.3. The number of aliphatic hydroxyl groups is 8. The highest BCUT2D eigenvalue weighted by Gasteiger charge is 2.51. The first kappa shape index (κ1) is 78.3. The summed E-state index contributed by atoms with van der Waals surface area (Å²) in [6.07, 6.45) is 59.3. The lowest BCUT2D eigenvalue weighted by molar-refractivity contribution is -0.359. The van der Waals surface area contributed by atoms with Crippen molar-refractivity contribution >= 4 is 5.91 Å². The highest BCUT2D eigenvalue weighted by molar-refractivity contribution is 5.76. The van der Waals surface area contributed by atoms with Crippen LogP contribution in [0.1, 0.15) is 264 Å². The van der Waals surface area contributed by atoms with E-state index in [-0.39, 0.29) is 18.9 Å². The fourth-order valence-corrected chi connectivity index (χ4v) is 10.9. The number of nitrogens with one attached hydrogen (secondary N) is 1. The van der Waals surface area contributed by atoms with Crippen molar-refractivity contribution in [1.29, 1.82) is 0 Å². The van der Waals surface area contributed by atoms with Crippen molar-refractivity contribution in [3.63, 3.8) is 0 Å². The quantitative estimate of drug-likeness (QED) is 0.0204. The Bertz CT molecular complexity index is 1750. The molecule has 9 N–H and O–H groups in total. The zero-order valence-electron chi connectivity index (χ0n) is 53.3. The molecule has 2 saturated heterocycles. The van der Waals surface area contributed by atoms with Crippen molar-refractivity contribution in [2.24, 2.45) is 0 Å². The number of carbonyl (C=O) groups excluding carboxylic acids is 1. The van der Waals surface area contributed by atoms with Gasteiger partial charge in [0.05, 0.1) is 32.0 Å². The van der Waals surface area contributed by atoms with E-state index in [2.05, 4.69) is 92.1 Å². The fourth-order valence-electron chi connectivity index (χ4n) is 10.9. The van der Waals surface area contributed by atoms with Crippen LogP contribution >= 0.6 is 0 Å². The Morgan fingerprint density at radius 2 is 0.812 bits per heavy atom. The number of hydrogen-bond donors (Lipinski definition) is 9. The minimum absolute atomic E-state index is 0.239. The van der Waals surface area contributed by atoms with E-state index < -0.39 is 86.8 Å². The second-order valence-electron chi connectivity index (χ2n) is 23.9. The smallest absolute Gasteiger partial charge is 0.220 e. The number of amides is 1. The zero-order chi connectivity index (χ0) is 61.6. The van der Waals surface area contributed by atoms with Crippen LogP contribution in [0.2, 0.25) is 0 Å². The summed E-state index contributed by atoms with van der Waals surface area (Å²) in [7, 11) is 0. The minimum Gasteiger partial charge on any atom is -0.394 e. The van der Waals surface area contributed by atoms with Gasteiger partial charge in [0.15, 0.2) is 12.6 Å². The van der Waals surface area contributed by atoms with E-state index in [1.54, 1.807) is 6.08 Å². The van der Waals surface area contributed by atoms with Crippen LogP contribution in [0.5, 0.6) is 0 Å². The van der Waals surface area contributed by atoms with Crippen LogP contribution < -0.4 is 5.32 Å². The van der Waals surface area contributed by atoms with E-state index in [4.69, 9.17) is 18.9 Å². The number of carbonyl (C=O) groups is 1. The number of rotatable bonds is 55. The van der Waals surface area contributed by atoms with Crippen molar-refractivity contribution in [2.75, 3.05) is 19.8 Å². The van der Waals surface area contributed by atoms with Gasteiger partial charge in [-0.3, -0.25) is 4.79 Å². The third-order valence-electron chi connectivity index (χ3n) is 16.3. The molecule has 0 aromatic rings. The molecule has 0 bridgehead atoms. The first-order valence-electron chi connectivity index (χ1n) is 34.3. The summed E-state index contributed by atoms with van der Waals surface area (Å²) in [6, 6.07) is -0.916. The fraction of sp³-hybridized carbons (Fsp3) is 0.789. The predicted octanol–water partition coefficient (Wildman–Crippen LogP) is 13.6. The standard InChI is InChI=1S/C71H125NO13/c1-3-5-7-9-11-13-15-17-19-20-21-22-23-24-25-26-27-28-29-30-31-32-33-34-35-36-37-38-39-40-41-43-45-47-49-51-53-55-63(76)72-59(60(75)54-52-50-48-46-44-42-18-16-14-12-10-8-6-4-2)58-82-70-68(81)66(79)69(62(57-74)84-70)85-71-67(80)65(78)64(77)61(56-73)83-71/h5,7,11,13,17,19,21-22,24-25,27-28,52,54,59-62,64-71,73-75,77-81H,3-4,6,8-10,12,14-16,18,20,23,26,29-51,53,55-58H2,1-2H3,(H,72,76)/b7-5-,13-11-,19-17-,22-21-,25-24-,28-27-,54-52+. The molecule has 14 heteroatoms. The molecule has 0 spiro atoms. The second-order valence-corrected chi connectivity index (χ2v) is 23.9. The molecular formula is C71H125NO13. The highest BCUT2D eigenvalue weighted by atomic mass is 16.7. The average Bonchev–Trinajstić information content (AvgIpc) is 3.65. The Hall–Kier alpha value is -2.83. The Morgan fingerprint density at radius 3 is 1.25 bits per heavy atom. The molecule has 0 saturated carbocycles. The Morgan fingerprint density at radius 1 is 0.435 bits per heavy atom. The molecule has 12 atom stereocenters. The molecule has 14 nitrogen and oxygen atoms in total. The zero-order valence-corrected chi connectivity index (χ0v) is 53.3. The van der Waals surface area contributed by atoms with E-state index in [0.29, 0.717) is 6.42 Å². The average molecular weight is 1200 g/mol. The molecular weight excluding hydrogens is 1070 g/mol. The predicted molar refractivity (Wildman–Crippen MR) is 346 cm³/mol. The number of unbranched alkanes of at least 4 members (excludes halogenated alkanes) is 30. The van der Waals surface area contributed by atoms with Gasteiger partial charge >= 0.3 is 0 Å². The summed E-state index contributed by atoms with van der Waals surface area (Å²) in [5.74, 6) is -0.239. The van der Waals surface area contributed by atoms with Gasteiger partial charge in [0, 0.05) is 6.42 Å². The van der Waals surface area contributed by atoms with Crippen molar-refractivity contribution in [3.05, 3.63) is 85.1 Å². The number of aliphatic hydroxyl groups excluding tert-OH is 8. The molecule has 1 amide bonds. The third kappa shape index (κ3) is 39.7. The minimum atomic E-state index is -1.79. The lowest BCUT2D eigenvalue weighted by Crippen LogP contribution is -2.65. The first-order chi connectivity index (χ1) is 41.6. The van der Waals surface area contributed by atoms with Crippen LogP contribution in [-0.2, 0) is 23.7 Å². The monoisotopic (exact) mass is 1200 g/mol. The summed E-state index contributed by atoms with van der Waals surface area (Å²) < 4.78 is 22.8. The van der Waals surface area contributed by atoms with Gasteiger partial charge < -0.3 is 65.1 Å². The van der Waals surface area contributed by atoms with E-state index in [1.807, 2.05) is 6.08 Å². The lowest BCUT2D eigenvalue weighted by Gasteiger charge is -2.46. The molecule has 492 valence electrons. The maximum Gasteiger partial charge on any atom is 0.220 e. The molecule has 0 aromatic carbocycles. The van der Waals surface area contributed by atoms with E-state index >= 15 is 0 Å². The Balaban J connectivity index is 1.60. The normalized spacial score (nSPS) is 24.1. The van der Waals surface area contributed by atoms with E-state index in [1.165, 1.54) is 161 Å². The van der Waals surface area contributed by atoms with Crippen LogP contribution in [0, 0.1) is 0 Å². The van der Waals surface area contributed by atoms with Crippen LogP contribution in [0.15, 0.2) is 85.1 Å². The molecule has 85 heavy (non-hydrogen) atoms. The van der Waals surface area contributed by atoms with Gasteiger partial charge in [-0.05, 0) is 70.6 Å². The summed E-state index contributed by atoms with van der Waals surface area (Å²) in [4.78, 5) is 13.3. The second kappa shape index (κ2) is 55.3. The van der Waals surface area contributed by atoms with E-state index in [9.17, 15) is 45.6 Å². The molecule has 0 aromatic heterocycles. The molecule has 0 aliphatic carbocycles. The topological polar surface area (TPSA) is 228 Å². The van der Waals surface area contributed by atoms with Gasteiger partial charge in [-0.25, -0.2) is 0 Å². The van der Waals surface area contributed by atoms with Crippen LogP contribution in [0.4, 0.5) is 0 Å². The largest absolute Gasteiger partial charge is 0.394 e. The molecule has 2 aliphatic rings. The summed E-state index contributed by atoms with van der Waals surface area (Å²) >= 11 is 0. The van der Waals surface area contributed by atoms with Crippen molar-refractivity contribution in [3.8, 4) is 0 Å². The highest BCUT2D eigenvalue weighted by Crippen LogP contribution is 2.30. The molecule has 2 heterocycles. The van der Waals surface area contributed by atoms with Gasteiger partial charge in [0.25, 0.3) is 0 Å². The molecule has 2 rings (SSSR count). The van der Waals surface area contributed by atoms with Crippen molar-refractivity contribution in [1.82, 2.24) is 5.32 Å². The lowest BCUT2D eigenvalue weighted by atomic mass is 9.97. The first-order valence-corrected chi connectivity index (χ1v) is 34.3. The molecule has 2 aliphatic heterocycles. The van der Waals surface area contributed by atoms with Gasteiger partial charge in [0.2, 0.25) is 5.91 Å². The van der Waals surface area contributed by atoms with Crippen LogP contribution in [0.3, 0.4) is 0 Å². The maximum atomic E-state index is 13.3. The van der Waals surface area contributed by atoms with Gasteiger partial charge in [-0.2, -0.15) is 0 Å². The van der Waals surface area contributed by atoms with Gasteiger partial charge in [-0.15, -0.1) is 0 Å². The molecule has 12 unspecified atom stereocenters. The van der Waals surface area contributed by atoms with Crippen LogP contribution in [-0.4, -0.2) is 140 Å². The summed E-state index contributed by atoms with van der Waals surface area (Å²) in [6.45, 7) is 2.69. The van der Waals surface area contributed by atoms with Crippen LogP contribution in [0.25, 0.3) is 0 Å².